The molecule has 0 radical (unpaired) electrons. The first-order chi connectivity index (χ1) is 8.63. The van der Waals surface area contributed by atoms with E-state index in [2.05, 4.69) is 42.2 Å². The summed E-state index contributed by atoms with van der Waals surface area (Å²) in [7, 11) is 2.07. The van der Waals surface area contributed by atoms with Crippen molar-refractivity contribution < 1.29 is 0 Å². The highest BCUT2D eigenvalue weighted by Crippen LogP contribution is 2.26. The number of allylic oxidation sites excluding steroid dienone is 1. The van der Waals surface area contributed by atoms with Crippen molar-refractivity contribution >= 4 is 0 Å². The Morgan fingerprint density at radius 3 is 2.78 bits per heavy atom. The Labute approximate surface area is 110 Å². The zero-order valence-corrected chi connectivity index (χ0v) is 11.4. The molecule has 0 bridgehead atoms. The van der Waals surface area contributed by atoms with Crippen molar-refractivity contribution in [3.05, 3.63) is 35.7 Å². The first-order valence-electron chi connectivity index (χ1n) is 6.62. The fourth-order valence-corrected chi connectivity index (χ4v) is 2.63. The molecule has 0 aromatic heterocycles. The van der Waals surface area contributed by atoms with Crippen molar-refractivity contribution in [2.75, 3.05) is 20.1 Å². The minimum absolute atomic E-state index is 0.147. The van der Waals surface area contributed by atoms with Gasteiger partial charge in [0.1, 0.15) is 6.17 Å². The monoisotopic (exact) mass is 248 g/mol. The predicted octanol–water partition coefficient (Wildman–Crippen LogP) is 0.902. The lowest BCUT2D eigenvalue weighted by Gasteiger charge is -2.40. The largest absolute Gasteiger partial charge is 0.404 e. The number of nitrogens with two attached hydrogens (primary N) is 1. The first kappa shape index (κ1) is 13.2. The molecule has 0 aliphatic carbocycles. The van der Waals surface area contributed by atoms with Gasteiger partial charge in [-0.05, 0) is 44.5 Å². The van der Waals surface area contributed by atoms with Gasteiger partial charge in [0.25, 0.3) is 0 Å². The Kier molecular flexibility index (Phi) is 4.09. The average molecular weight is 248 g/mol. The topological polar surface area (TPSA) is 53.3 Å². The molecule has 0 saturated carbocycles. The Morgan fingerprint density at radius 1 is 1.50 bits per heavy atom. The van der Waals surface area contributed by atoms with Crippen molar-refractivity contribution in [1.29, 1.82) is 0 Å². The summed E-state index contributed by atoms with van der Waals surface area (Å²) < 4.78 is 0. The third kappa shape index (κ3) is 2.60. The average Bonchev–Trinajstić information content (AvgIpc) is 2.40. The minimum Gasteiger partial charge on any atom is -0.404 e. The highest BCUT2D eigenvalue weighted by atomic mass is 15.3. The zero-order chi connectivity index (χ0) is 13.1. The van der Waals surface area contributed by atoms with Gasteiger partial charge in [-0.25, -0.2) is 0 Å². The maximum absolute atomic E-state index is 5.75. The highest BCUT2D eigenvalue weighted by molar-refractivity contribution is 5.41. The van der Waals surface area contributed by atoms with Crippen LogP contribution in [0.2, 0.25) is 0 Å². The summed E-state index contributed by atoms with van der Waals surface area (Å²) in [6.07, 6.45) is 6.30. The van der Waals surface area contributed by atoms with E-state index in [0.717, 1.165) is 37.2 Å². The van der Waals surface area contributed by atoms with Crippen LogP contribution >= 0.6 is 0 Å². The van der Waals surface area contributed by atoms with E-state index in [9.17, 15) is 0 Å². The molecule has 1 saturated heterocycles. The van der Waals surface area contributed by atoms with Crippen LogP contribution in [0.5, 0.6) is 0 Å². The lowest BCUT2D eigenvalue weighted by molar-refractivity contribution is 0.244. The van der Waals surface area contributed by atoms with Gasteiger partial charge in [0, 0.05) is 30.6 Å². The number of hydrogen-bond acceptors (Lipinski definition) is 4. The van der Waals surface area contributed by atoms with Crippen molar-refractivity contribution in [1.82, 2.24) is 15.5 Å². The molecule has 4 N–H and O–H groups in total. The molecule has 0 spiro atoms. The van der Waals surface area contributed by atoms with Crippen molar-refractivity contribution in [3.8, 4) is 0 Å². The Bertz CT molecular complexity index is 377. The summed E-state index contributed by atoms with van der Waals surface area (Å²) in [4.78, 5) is 2.18. The van der Waals surface area contributed by atoms with E-state index in [4.69, 9.17) is 5.73 Å². The van der Waals surface area contributed by atoms with Crippen LogP contribution in [0.1, 0.15) is 19.8 Å². The second-order valence-electron chi connectivity index (χ2n) is 5.15. The van der Waals surface area contributed by atoms with E-state index < -0.39 is 0 Å². The quantitative estimate of drug-likeness (QED) is 0.680. The summed E-state index contributed by atoms with van der Waals surface area (Å²) in [5.41, 5.74) is 9.12. The van der Waals surface area contributed by atoms with Crippen molar-refractivity contribution in [3.63, 3.8) is 0 Å². The molecule has 0 aromatic rings. The lowest BCUT2D eigenvalue weighted by atomic mass is 9.99. The molecule has 4 nitrogen and oxygen atoms in total. The van der Waals surface area contributed by atoms with Crippen LogP contribution in [0.3, 0.4) is 0 Å². The standard InChI is InChI=1S/C14H24N4/c1-10-8-12(9-15)14(18(3)11(10)2)17-13-4-6-16-7-5-13/h8-9,13-14,16-17H,2,4-7,15H2,1,3H3/b12-9-. The van der Waals surface area contributed by atoms with Crippen LogP contribution in [0.4, 0.5) is 0 Å². The van der Waals surface area contributed by atoms with Gasteiger partial charge in [-0.15, -0.1) is 0 Å². The fourth-order valence-electron chi connectivity index (χ4n) is 2.63. The third-order valence-electron chi connectivity index (χ3n) is 3.89. The fraction of sp³-hybridized carbons (Fsp3) is 0.571. The molecule has 1 atom stereocenters. The molecule has 2 aliphatic rings. The summed E-state index contributed by atoms with van der Waals surface area (Å²) in [6.45, 7) is 8.38. The number of rotatable bonds is 2. The molecule has 2 aliphatic heterocycles. The molecule has 100 valence electrons. The van der Waals surface area contributed by atoms with Gasteiger partial charge in [0.15, 0.2) is 0 Å². The Balaban J connectivity index is 2.12. The molecule has 18 heavy (non-hydrogen) atoms. The molecule has 4 heteroatoms. The van der Waals surface area contributed by atoms with E-state index in [1.165, 1.54) is 5.57 Å². The predicted molar refractivity (Wildman–Crippen MR) is 75.7 cm³/mol. The number of nitrogens with zero attached hydrogens (tertiary/aromatic N) is 1. The molecule has 0 aromatic carbocycles. The van der Waals surface area contributed by atoms with E-state index in [1.54, 1.807) is 6.20 Å². The molecule has 0 amide bonds. The maximum Gasteiger partial charge on any atom is 0.107 e. The molecule has 2 rings (SSSR count). The molecular formula is C14H24N4. The van der Waals surface area contributed by atoms with Crippen LogP contribution < -0.4 is 16.4 Å². The van der Waals surface area contributed by atoms with Crippen LogP contribution in [-0.4, -0.2) is 37.2 Å². The zero-order valence-electron chi connectivity index (χ0n) is 11.4. The van der Waals surface area contributed by atoms with Crippen LogP contribution in [0.15, 0.2) is 35.7 Å². The van der Waals surface area contributed by atoms with Crippen LogP contribution in [-0.2, 0) is 0 Å². The van der Waals surface area contributed by atoms with E-state index in [1.807, 2.05) is 0 Å². The maximum atomic E-state index is 5.75. The van der Waals surface area contributed by atoms with E-state index >= 15 is 0 Å². The first-order valence-corrected chi connectivity index (χ1v) is 6.62. The molecule has 1 unspecified atom stereocenters. The summed E-state index contributed by atoms with van der Waals surface area (Å²) in [5, 5.41) is 7.07. The van der Waals surface area contributed by atoms with Gasteiger partial charge in [-0.1, -0.05) is 6.58 Å². The minimum atomic E-state index is 0.147. The Morgan fingerprint density at radius 2 is 2.17 bits per heavy atom. The van der Waals surface area contributed by atoms with Crippen molar-refractivity contribution in [2.45, 2.75) is 32.0 Å². The summed E-state index contributed by atoms with van der Waals surface area (Å²) >= 11 is 0. The second-order valence-corrected chi connectivity index (χ2v) is 5.15. The molecular weight excluding hydrogens is 224 g/mol. The van der Waals surface area contributed by atoms with Crippen LogP contribution in [0.25, 0.3) is 0 Å². The number of nitrogens with one attached hydrogen (secondary N) is 2. The SMILES string of the molecule is C=C1C(C)=C/C(=C/N)C(NC2CCNCC2)N1C. The lowest BCUT2D eigenvalue weighted by Crippen LogP contribution is -2.52. The highest BCUT2D eigenvalue weighted by Gasteiger charge is 2.27. The van der Waals surface area contributed by atoms with Crippen LogP contribution in [0, 0.1) is 0 Å². The summed E-state index contributed by atoms with van der Waals surface area (Å²) in [5.74, 6) is 0. The third-order valence-corrected chi connectivity index (χ3v) is 3.89. The summed E-state index contributed by atoms with van der Waals surface area (Å²) in [6, 6.07) is 0.549. The van der Waals surface area contributed by atoms with Gasteiger partial charge < -0.3 is 16.0 Å². The van der Waals surface area contributed by atoms with Gasteiger partial charge in [-0.3, -0.25) is 5.32 Å². The number of likely N-dealkylation sites (N-methyl/N-ethyl adjacent to an activating group) is 1. The second kappa shape index (κ2) is 5.59. The Hall–Kier alpha value is -1.26. The van der Waals surface area contributed by atoms with Gasteiger partial charge in [-0.2, -0.15) is 0 Å². The normalized spacial score (nSPS) is 28.7. The molecule has 2 heterocycles. The van der Waals surface area contributed by atoms with Gasteiger partial charge in [0.05, 0.1) is 0 Å². The van der Waals surface area contributed by atoms with Crippen molar-refractivity contribution in [2.24, 2.45) is 5.73 Å². The smallest absolute Gasteiger partial charge is 0.107 e. The van der Waals surface area contributed by atoms with Gasteiger partial charge >= 0.3 is 0 Å². The van der Waals surface area contributed by atoms with E-state index in [-0.39, 0.29) is 6.17 Å². The van der Waals surface area contributed by atoms with Gasteiger partial charge in [0.2, 0.25) is 0 Å². The number of hydrogen-bond donors (Lipinski definition) is 3. The van der Waals surface area contributed by atoms with E-state index in [0.29, 0.717) is 6.04 Å². The molecule has 1 fully saturated rings. The number of piperidine rings is 1.